The number of benzene rings is 1. The lowest BCUT2D eigenvalue weighted by atomic mass is 9.95. The molecule has 1 aromatic rings. The lowest BCUT2D eigenvalue weighted by molar-refractivity contribution is -0.150. The Labute approximate surface area is 182 Å². The van der Waals surface area contributed by atoms with Crippen molar-refractivity contribution in [2.24, 2.45) is 5.73 Å². The van der Waals surface area contributed by atoms with Crippen molar-refractivity contribution in [1.82, 2.24) is 14.9 Å². The van der Waals surface area contributed by atoms with Crippen LogP contribution in [0.25, 0.3) is 0 Å². The van der Waals surface area contributed by atoms with Crippen LogP contribution < -0.4 is 15.8 Å². The van der Waals surface area contributed by atoms with Gasteiger partial charge < -0.3 is 11.1 Å². The van der Waals surface area contributed by atoms with Crippen molar-refractivity contribution in [3.8, 4) is 0 Å². The zero-order valence-electron chi connectivity index (χ0n) is 17.1. The van der Waals surface area contributed by atoms with E-state index in [0.29, 0.717) is 49.2 Å². The molecule has 2 amide bonds. The number of hydrogen-bond donors (Lipinski definition) is 3. The Morgan fingerprint density at radius 2 is 1.97 bits per heavy atom. The summed E-state index contributed by atoms with van der Waals surface area (Å²) in [6.07, 6.45) is 4.66. The minimum Gasteiger partial charge on any atom is -0.326 e. The van der Waals surface area contributed by atoms with Gasteiger partial charge in [0.25, 0.3) is 5.91 Å². The molecule has 1 saturated carbocycles. The van der Waals surface area contributed by atoms with Crippen molar-refractivity contribution in [2.75, 3.05) is 12.8 Å². The van der Waals surface area contributed by atoms with E-state index in [9.17, 15) is 18.0 Å². The number of rotatable bonds is 7. The van der Waals surface area contributed by atoms with Crippen LogP contribution in [0.2, 0.25) is 5.02 Å². The molecular formula is C20H29ClN4O4S. The molecule has 1 heterocycles. The van der Waals surface area contributed by atoms with Crippen molar-refractivity contribution in [1.29, 1.82) is 0 Å². The van der Waals surface area contributed by atoms with Gasteiger partial charge in [-0.1, -0.05) is 30.5 Å². The van der Waals surface area contributed by atoms with Gasteiger partial charge in [-0.25, -0.2) is 8.42 Å². The number of hydrogen-bond acceptors (Lipinski definition) is 6. The van der Waals surface area contributed by atoms with E-state index in [2.05, 4.69) is 10.0 Å². The Hall–Kier alpha value is -1.52. The molecule has 1 aliphatic heterocycles. The smallest absolute Gasteiger partial charge is 0.250 e. The minimum atomic E-state index is -3.65. The molecule has 0 spiro atoms. The van der Waals surface area contributed by atoms with Crippen LogP contribution in [0.4, 0.5) is 0 Å². The van der Waals surface area contributed by atoms with E-state index in [-0.39, 0.29) is 19.0 Å². The van der Waals surface area contributed by atoms with Crippen LogP contribution in [0, 0.1) is 0 Å². The van der Waals surface area contributed by atoms with E-state index < -0.39 is 27.5 Å². The predicted molar refractivity (Wildman–Crippen MR) is 115 cm³/mol. The first-order chi connectivity index (χ1) is 14.1. The van der Waals surface area contributed by atoms with Crippen molar-refractivity contribution in [3.63, 3.8) is 0 Å². The standard InChI is InChI=1S/C20H29ClN4O4S/c1-30(28,29)24-20(8-2-3-9-20)19(27)25(18(26)17-5-4-10-23-17)13-15-11-16(21)7-6-14(15)12-22/h6-7,11,17,23-24H,2-5,8-10,12-13,22H2,1H3/t17-/m0/s1. The zero-order valence-corrected chi connectivity index (χ0v) is 18.7. The van der Waals surface area contributed by atoms with E-state index in [1.807, 2.05) is 0 Å². The number of nitrogens with one attached hydrogen (secondary N) is 2. The molecule has 166 valence electrons. The highest BCUT2D eigenvalue weighted by atomic mass is 35.5. The molecular weight excluding hydrogens is 428 g/mol. The molecule has 0 aromatic heterocycles. The van der Waals surface area contributed by atoms with Gasteiger partial charge >= 0.3 is 0 Å². The number of halogens is 1. The molecule has 2 fully saturated rings. The first-order valence-electron chi connectivity index (χ1n) is 10.2. The van der Waals surface area contributed by atoms with Gasteiger partial charge in [0.15, 0.2) is 0 Å². The highest BCUT2D eigenvalue weighted by molar-refractivity contribution is 7.88. The molecule has 0 bridgehead atoms. The van der Waals surface area contributed by atoms with Crippen LogP contribution in [0.3, 0.4) is 0 Å². The first-order valence-corrected chi connectivity index (χ1v) is 12.5. The van der Waals surface area contributed by atoms with Gasteiger partial charge in [-0.3, -0.25) is 14.5 Å². The quantitative estimate of drug-likeness (QED) is 0.531. The fourth-order valence-corrected chi connectivity index (χ4v) is 5.59. The Morgan fingerprint density at radius 1 is 1.27 bits per heavy atom. The maximum absolute atomic E-state index is 13.7. The minimum absolute atomic E-state index is 0.00384. The highest BCUT2D eigenvalue weighted by Crippen LogP contribution is 2.33. The Morgan fingerprint density at radius 3 is 2.53 bits per heavy atom. The van der Waals surface area contributed by atoms with E-state index in [4.69, 9.17) is 17.3 Å². The fourth-order valence-electron chi connectivity index (χ4n) is 4.40. The summed E-state index contributed by atoms with van der Waals surface area (Å²) in [5.41, 5.74) is 6.00. The second-order valence-corrected chi connectivity index (χ2v) is 10.3. The lowest BCUT2D eigenvalue weighted by Gasteiger charge is -2.35. The zero-order chi connectivity index (χ0) is 21.9. The van der Waals surface area contributed by atoms with E-state index in [1.54, 1.807) is 18.2 Å². The molecule has 30 heavy (non-hydrogen) atoms. The van der Waals surface area contributed by atoms with Crippen LogP contribution in [-0.4, -0.2) is 49.5 Å². The molecule has 8 nitrogen and oxygen atoms in total. The van der Waals surface area contributed by atoms with Crippen LogP contribution in [-0.2, 0) is 32.7 Å². The van der Waals surface area contributed by atoms with Crippen molar-refractivity contribution >= 4 is 33.4 Å². The topological polar surface area (TPSA) is 122 Å². The van der Waals surface area contributed by atoms with Gasteiger partial charge in [0, 0.05) is 11.6 Å². The molecule has 4 N–H and O–H groups in total. The average Bonchev–Trinajstić information content (AvgIpc) is 3.36. The molecule has 1 atom stereocenters. The molecule has 0 radical (unpaired) electrons. The number of nitrogens with two attached hydrogens (primary N) is 1. The third-order valence-corrected chi connectivity index (χ3v) is 6.83. The van der Waals surface area contributed by atoms with Gasteiger partial charge in [0.1, 0.15) is 5.54 Å². The van der Waals surface area contributed by atoms with E-state index in [0.717, 1.165) is 18.2 Å². The van der Waals surface area contributed by atoms with Crippen molar-refractivity contribution in [3.05, 3.63) is 34.3 Å². The molecule has 2 aliphatic rings. The lowest BCUT2D eigenvalue weighted by Crippen LogP contribution is -2.60. The van der Waals surface area contributed by atoms with Crippen LogP contribution in [0.5, 0.6) is 0 Å². The summed E-state index contributed by atoms with van der Waals surface area (Å²) < 4.78 is 26.6. The fraction of sp³-hybridized carbons (Fsp3) is 0.600. The second-order valence-electron chi connectivity index (χ2n) is 8.16. The number of sulfonamides is 1. The summed E-state index contributed by atoms with van der Waals surface area (Å²) in [7, 11) is -3.65. The maximum Gasteiger partial charge on any atom is 0.250 e. The Bertz CT molecular complexity index is 909. The van der Waals surface area contributed by atoms with E-state index >= 15 is 0 Å². The molecule has 3 rings (SSSR count). The largest absolute Gasteiger partial charge is 0.326 e. The van der Waals surface area contributed by atoms with Crippen LogP contribution in [0.15, 0.2) is 18.2 Å². The first kappa shape index (κ1) is 23.1. The Kier molecular flexibility index (Phi) is 7.19. The maximum atomic E-state index is 13.7. The predicted octanol–water partition coefficient (Wildman–Crippen LogP) is 1.27. The summed E-state index contributed by atoms with van der Waals surface area (Å²) in [4.78, 5) is 28.3. The number of nitrogens with zero attached hydrogens (tertiary/aromatic N) is 1. The number of imide groups is 1. The molecule has 1 aliphatic carbocycles. The van der Waals surface area contributed by atoms with Crippen LogP contribution >= 0.6 is 11.6 Å². The summed E-state index contributed by atoms with van der Waals surface area (Å²) >= 11 is 6.15. The normalized spacial score (nSPS) is 21.0. The number of carbonyl (C=O) groups is 2. The summed E-state index contributed by atoms with van der Waals surface area (Å²) in [5, 5.41) is 3.61. The molecule has 10 heteroatoms. The van der Waals surface area contributed by atoms with Gasteiger partial charge in [0.05, 0.1) is 18.8 Å². The average molecular weight is 457 g/mol. The number of carbonyl (C=O) groups excluding carboxylic acids is 2. The summed E-state index contributed by atoms with van der Waals surface area (Å²) in [5.74, 6) is -0.853. The third kappa shape index (κ3) is 5.20. The Balaban J connectivity index is 1.99. The monoisotopic (exact) mass is 456 g/mol. The van der Waals surface area contributed by atoms with Gasteiger partial charge in [-0.15, -0.1) is 0 Å². The third-order valence-electron chi connectivity index (χ3n) is 5.83. The molecule has 0 unspecified atom stereocenters. The SMILES string of the molecule is CS(=O)(=O)NC1(C(=O)N(Cc2cc(Cl)ccc2CN)C(=O)[C@@H]2CCCN2)CCCC1. The van der Waals surface area contributed by atoms with E-state index in [1.165, 1.54) is 4.90 Å². The van der Waals surface area contributed by atoms with Gasteiger partial charge in [-0.2, -0.15) is 4.72 Å². The molecule has 1 aromatic carbocycles. The summed E-state index contributed by atoms with van der Waals surface area (Å²) in [6, 6.07) is 4.72. The summed E-state index contributed by atoms with van der Waals surface area (Å²) in [6.45, 7) is 0.934. The van der Waals surface area contributed by atoms with Crippen molar-refractivity contribution in [2.45, 2.75) is 63.2 Å². The second kappa shape index (κ2) is 9.32. The molecule has 1 saturated heterocycles. The van der Waals surface area contributed by atoms with Crippen LogP contribution in [0.1, 0.15) is 49.7 Å². The van der Waals surface area contributed by atoms with Gasteiger partial charge in [-0.05, 0) is 55.5 Å². The van der Waals surface area contributed by atoms with Crippen molar-refractivity contribution < 1.29 is 18.0 Å². The highest BCUT2D eigenvalue weighted by Gasteiger charge is 2.48. The van der Waals surface area contributed by atoms with Gasteiger partial charge in [0.2, 0.25) is 15.9 Å². The number of amides is 2.